The maximum atomic E-state index is 6.04. The molecule has 0 atom stereocenters. The van der Waals surface area contributed by atoms with E-state index in [0.29, 0.717) is 11.7 Å². The third-order valence-electron chi connectivity index (χ3n) is 3.44. The van der Waals surface area contributed by atoms with Gasteiger partial charge in [0.1, 0.15) is 0 Å². The van der Waals surface area contributed by atoms with E-state index in [-0.39, 0.29) is 0 Å². The molecule has 0 saturated heterocycles. The molecule has 2 heterocycles. The summed E-state index contributed by atoms with van der Waals surface area (Å²) < 4.78 is 5.40. The van der Waals surface area contributed by atoms with E-state index in [1.54, 1.807) is 11.3 Å². The average Bonchev–Trinajstić information content (AvgIpc) is 2.96. The Morgan fingerprint density at radius 1 is 1.15 bits per heavy atom. The number of hydrogen-bond acceptors (Lipinski definition) is 5. The lowest BCUT2D eigenvalue weighted by molar-refractivity contribution is 0.432. The van der Waals surface area contributed by atoms with Gasteiger partial charge in [0.2, 0.25) is 5.82 Å². The molecule has 102 valence electrons. The molecule has 3 aromatic rings. The monoisotopic (exact) mass is 285 g/mol. The van der Waals surface area contributed by atoms with Crippen molar-refractivity contribution in [1.82, 2.24) is 10.1 Å². The molecule has 0 aliphatic carbocycles. The molecule has 0 fully saturated rings. The molecule has 1 aromatic carbocycles. The molecule has 0 saturated carbocycles. The number of hydrogen-bond donors (Lipinski definition) is 1. The molecular formula is C15H15N3OS. The first kappa shape index (κ1) is 12.9. The van der Waals surface area contributed by atoms with Crippen molar-refractivity contribution in [2.75, 3.05) is 5.73 Å². The Morgan fingerprint density at radius 3 is 2.55 bits per heavy atom. The van der Waals surface area contributed by atoms with E-state index < -0.39 is 0 Å². The van der Waals surface area contributed by atoms with Gasteiger partial charge in [0, 0.05) is 10.4 Å². The van der Waals surface area contributed by atoms with Crippen LogP contribution in [-0.4, -0.2) is 10.1 Å². The van der Waals surface area contributed by atoms with Gasteiger partial charge in [-0.05, 0) is 31.9 Å². The highest BCUT2D eigenvalue weighted by molar-refractivity contribution is 7.16. The number of aromatic nitrogens is 2. The quantitative estimate of drug-likeness (QED) is 0.773. The highest BCUT2D eigenvalue weighted by atomic mass is 32.1. The van der Waals surface area contributed by atoms with Gasteiger partial charge in [-0.2, -0.15) is 4.98 Å². The van der Waals surface area contributed by atoms with Gasteiger partial charge in [-0.1, -0.05) is 29.4 Å². The molecule has 0 amide bonds. The SMILES string of the molecule is Cc1ccccc1-c1noc(-c2c(N)sc(C)c2C)n1. The van der Waals surface area contributed by atoms with E-state index in [0.717, 1.165) is 27.3 Å². The van der Waals surface area contributed by atoms with Gasteiger partial charge in [-0.15, -0.1) is 11.3 Å². The molecule has 0 aliphatic heterocycles. The van der Waals surface area contributed by atoms with Crippen molar-refractivity contribution in [3.8, 4) is 22.8 Å². The highest BCUT2D eigenvalue weighted by Gasteiger charge is 2.19. The Balaban J connectivity index is 2.09. The Kier molecular flexibility index (Phi) is 3.06. The summed E-state index contributed by atoms with van der Waals surface area (Å²) >= 11 is 1.55. The number of thiophene rings is 1. The molecular weight excluding hydrogens is 270 g/mol. The summed E-state index contributed by atoms with van der Waals surface area (Å²) in [4.78, 5) is 5.67. The van der Waals surface area contributed by atoms with Crippen molar-refractivity contribution in [3.63, 3.8) is 0 Å². The van der Waals surface area contributed by atoms with E-state index >= 15 is 0 Å². The minimum Gasteiger partial charge on any atom is -0.390 e. The van der Waals surface area contributed by atoms with Gasteiger partial charge in [-0.25, -0.2) is 0 Å². The fourth-order valence-corrected chi connectivity index (χ4v) is 3.10. The Bertz CT molecular complexity index is 773. The largest absolute Gasteiger partial charge is 0.390 e. The number of anilines is 1. The van der Waals surface area contributed by atoms with Crippen LogP contribution in [0.1, 0.15) is 16.0 Å². The first-order chi connectivity index (χ1) is 9.58. The van der Waals surface area contributed by atoms with Crippen LogP contribution >= 0.6 is 11.3 Å². The summed E-state index contributed by atoms with van der Waals surface area (Å²) in [5.41, 5.74) is 10.1. The van der Waals surface area contributed by atoms with Gasteiger partial charge in [0.15, 0.2) is 0 Å². The normalized spacial score (nSPS) is 10.9. The van der Waals surface area contributed by atoms with E-state index in [1.165, 1.54) is 4.88 Å². The first-order valence-corrected chi connectivity index (χ1v) is 7.15. The predicted octanol–water partition coefficient (Wildman–Crippen LogP) is 3.97. The number of nitrogens with zero attached hydrogens (tertiary/aromatic N) is 2. The lowest BCUT2D eigenvalue weighted by Gasteiger charge is -1.98. The van der Waals surface area contributed by atoms with Crippen LogP contribution in [0.25, 0.3) is 22.8 Å². The summed E-state index contributed by atoms with van der Waals surface area (Å²) in [5, 5.41) is 4.80. The predicted molar refractivity (Wildman–Crippen MR) is 81.7 cm³/mol. The van der Waals surface area contributed by atoms with Crippen molar-refractivity contribution < 1.29 is 4.52 Å². The second kappa shape index (κ2) is 4.76. The van der Waals surface area contributed by atoms with Crippen molar-refractivity contribution >= 4 is 16.3 Å². The number of rotatable bonds is 2. The molecule has 3 rings (SSSR count). The molecule has 5 heteroatoms. The van der Waals surface area contributed by atoms with Gasteiger partial charge in [0.05, 0.1) is 10.6 Å². The van der Waals surface area contributed by atoms with Crippen molar-refractivity contribution in [1.29, 1.82) is 0 Å². The van der Waals surface area contributed by atoms with E-state index in [2.05, 4.69) is 10.1 Å². The third-order valence-corrected chi connectivity index (χ3v) is 4.47. The lowest BCUT2D eigenvalue weighted by Crippen LogP contribution is -1.87. The zero-order valence-electron chi connectivity index (χ0n) is 11.6. The topological polar surface area (TPSA) is 64.9 Å². The lowest BCUT2D eigenvalue weighted by atomic mass is 10.1. The molecule has 0 radical (unpaired) electrons. The van der Waals surface area contributed by atoms with Gasteiger partial charge >= 0.3 is 0 Å². The summed E-state index contributed by atoms with van der Waals surface area (Å²) in [6, 6.07) is 7.97. The standard InChI is InChI=1S/C15H15N3OS/c1-8-6-4-5-7-11(8)14-17-15(19-18-14)12-9(2)10(3)20-13(12)16/h4-7H,16H2,1-3H3. The van der Waals surface area contributed by atoms with E-state index in [1.807, 2.05) is 45.0 Å². The highest BCUT2D eigenvalue weighted by Crippen LogP contribution is 2.37. The fraction of sp³-hybridized carbons (Fsp3) is 0.200. The summed E-state index contributed by atoms with van der Waals surface area (Å²) in [6.45, 7) is 6.09. The van der Waals surface area contributed by atoms with Crippen LogP contribution in [0.4, 0.5) is 5.00 Å². The second-order valence-corrected chi connectivity index (χ2v) is 6.02. The van der Waals surface area contributed by atoms with Crippen molar-refractivity contribution in [3.05, 3.63) is 40.3 Å². The van der Waals surface area contributed by atoms with Crippen LogP contribution < -0.4 is 5.73 Å². The van der Waals surface area contributed by atoms with Crippen molar-refractivity contribution in [2.24, 2.45) is 0 Å². The molecule has 0 unspecified atom stereocenters. The first-order valence-electron chi connectivity index (χ1n) is 6.33. The third kappa shape index (κ3) is 2.00. The molecule has 4 nitrogen and oxygen atoms in total. The van der Waals surface area contributed by atoms with Gasteiger partial charge < -0.3 is 10.3 Å². The minimum atomic E-state index is 0.489. The summed E-state index contributed by atoms with van der Waals surface area (Å²) in [6.07, 6.45) is 0. The Hall–Kier alpha value is -2.14. The molecule has 2 N–H and O–H groups in total. The zero-order chi connectivity index (χ0) is 14.3. The van der Waals surface area contributed by atoms with Gasteiger partial charge in [-0.3, -0.25) is 0 Å². The maximum absolute atomic E-state index is 6.04. The molecule has 0 aliphatic rings. The average molecular weight is 285 g/mol. The zero-order valence-corrected chi connectivity index (χ0v) is 12.4. The van der Waals surface area contributed by atoms with E-state index in [9.17, 15) is 0 Å². The second-order valence-electron chi connectivity index (χ2n) is 4.76. The van der Waals surface area contributed by atoms with Gasteiger partial charge in [0.25, 0.3) is 5.89 Å². The van der Waals surface area contributed by atoms with Crippen LogP contribution in [0.15, 0.2) is 28.8 Å². The Morgan fingerprint density at radius 2 is 1.90 bits per heavy atom. The minimum absolute atomic E-state index is 0.489. The molecule has 20 heavy (non-hydrogen) atoms. The number of nitrogen functional groups attached to an aromatic ring is 1. The van der Waals surface area contributed by atoms with Crippen LogP contribution in [-0.2, 0) is 0 Å². The molecule has 2 aromatic heterocycles. The number of benzene rings is 1. The molecule has 0 spiro atoms. The number of nitrogens with two attached hydrogens (primary N) is 1. The maximum Gasteiger partial charge on any atom is 0.261 e. The summed E-state index contributed by atoms with van der Waals surface area (Å²) in [5.74, 6) is 1.09. The smallest absolute Gasteiger partial charge is 0.261 e. The fourth-order valence-electron chi connectivity index (χ4n) is 2.18. The van der Waals surface area contributed by atoms with Crippen LogP contribution in [0.2, 0.25) is 0 Å². The number of aryl methyl sites for hydroxylation is 2. The Labute approximate surface area is 121 Å². The van der Waals surface area contributed by atoms with E-state index in [4.69, 9.17) is 10.3 Å². The van der Waals surface area contributed by atoms with Crippen LogP contribution in [0.5, 0.6) is 0 Å². The van der Waals surface area contributed by atoms with Crippen LogP contribution in [0.3, 0.4) is 0 Å². The summed E-state index contributed by atoms with van der Waals surface area (Å²) in [7, 11) is 0. The molecule has 0 bridgehead atoms. The van der Waals surface area contributed by atoms with Crippen molar-refractivity contribution in [2.45, 2.75) is 20.8 Å². The van der Waals surface area contributed by atoms with Crippen LogP contribution in [0, 0.1) is 20.8 Å².